The minimum absolute atomic E-state index is 0. The van der Waals surface area contributed by atoms with E-state index in [4.69, 9.17) is 0 Å². The van der Waals surface area contributed by atoms with E-state index in [0.717, 1.165) is 6.42 Å². The van der Waals surface area contributed by atoms with Gasteiger partial charge in [-0.05, 0) is 7.53 Å². The van der Waals surface area contributed by atoms with Gasteiger partial charge >= 0.3 is 21.7 Å². The van der Waals surface area contributed by atoms with Crippen molar-refractivity contribution in [1.29, 1.82) is 0 Å². The number of benzene rings is 1. The predicted molar refractivity (Wildman–Crippen MR) is 90.9 cm³/mol. The number of nitrogens with one attached hydrogen (secondary N) is 1. The molecule has 24 heavy (non-hydrogen) atoms. The summed E-state index contributed by atoms with van der Waals surface area (Å²) >= 11 is 0. The van der Waals surface area contributed by atoms with Gasteiger partial charge in [-0.3, -0.25) is 6.08 Å². The summed E-state index contributed by atoms with van der Waals surface area (Å²) in [5.74, 6) is 4.41. The van der Waals surface area contributed by atoms with Crippen LogP contribution in [0.15, 0.2) is 71.5 Å². The minimum Gasteiger partial charge on any atom is -1.00 e. The molecule has 5 heteroatoms. The van der Waals surface area contributed by atoms with Crippen LogP contribution in [0.1, 0.15) is 20.3 Å². The molecule has 0 radical (unpaired) electrons. The Hall–Kier alpha value is -0.686. The zero-order valence-electron chi connectivity index (χ0n) is 13.7. The Bertz CT molecular complexity index is 755. The molecule has 0 fully saturated rings. The van der Waals surface area contributed by atoms with Crippen molar-refractivity contribution in [2.24, 2.45) is 0 Å². The molecule has 0 bridgehead atoms. The molecule has 3 aromatic rings. The SMILES string of the molecule is CC1=[C-]CC=C1C.[Cl-].[Cl-].[Ti+4].c1ccc2[cH-]c(-p3cc[nH+]c3)cc2c1. The first kappa shape index (κ1) is 23.3. The molecule has 0 amide bonds. The Morgan fingerprint density at radius 1 is 1.17 bits per heavy atom. The van der Waals surface area contributed by atoms with Crippen molar-refractivity contribution in [3.63, 3.8) is 0 Å². The fraction of sp³-hybridized carbons (Fsp3) is 0.158. The Kier molecular flexibility index (Phi) is 10.7. The average Bonchev–Trinajstić information content (AvgIpc) is 3.21. The summed E-state index contributed by atoms with van der Waals surface area (Å²) in [6, 6.07) is 13.1. The number of hydrogen-bond donors (Lipinski definition) is 0. The molecule has 1 unspecified atom stereocenters. The monoisotopic (exact) mass is 410 g/mol. The van der Waals surface area contributed by atoms with Crippen LogP contribution >= 0.6 is 7.53 Å². The van der Waals surface area contributed by atoms with E-state index < -0.39 is 0 Å². The second-order valence-corrected chi connectivity index (χ2v) is 7.14. The van der Waals surface area contributed by atoms with E-state index >= 15 is 0 Å². The van der Waals surface area contributed by atoms with E-state index in [-0.39, 0.29) is 54.1 Å². The summed E-state index contributed by atoms with van der Waals surface area (Å²) in [7, 11) is -0.204. The number of H-pyrrole nitrogens is 1. The first-order chi connectivity index (χ1) is 10.2. The summed E-state index contributed by atoms with van der Waals surface area (Å²) in [5, 5.41) is 4.12. The molecule has 2 aromatic carbocycles. The summed E-state index contributed by atoms with van der Waals surface area (Å²) in [6.07, 6.45) is 8.43. The molecule has 0 aliphatic heterocycles. The average molecular weight is 411 g/mol. The van der Waals surface area contributed by atoms with Crippen LogP contribution in [0.3, 0.4) is 0 Å². The van der Waals surface area contributed by atoms with Crippen LogP contribution in [0.4, 0.5) is 0 Å². The molecule has 1 aromatic heterocycles. The van der Waals surface area contributed by atoms with Crippen molar-refractivity contribution in [2.45, 2.75) is 20.3 Å². The van der Waals surface area contributed by atoms with Crippen LogP contribution in [0, 0.1) is 6.08 Å². The maximum atomic E-state index is 3.19. The Balaban J connectivity index is 0.000000463. The van der Waals surface area contributed by atoms with E-state index in [2.05, 4.69) is 79.1 Å². The molecule has 1 nitrogen and oxygen atoms in total. The number of hydrogen-bond acceptors (Lipinski definition) is 0. The third-order valence-electron chi connectivity index (χ3n) is 3.81. The normalized spacial score (nSPS) is 12.7. The number of aromatic nitrogens is 1. The van der Waals surface area contributed by atoms with Crippen molar-refractivity contribution >= 4 is 18.3 Å². The molecule has 0 spiro atoms. The summed E-state index contributed by atoms with van der Waals surface area (Å²) < 4.78 is 0. The Morgan fingerprint density at radius 2 is 1.92 bits per heavy atom. The van der Waals surface area contributed by atoms with Crippen LogP contribution in [-0.2, 0) is 21.7 Å². The van der Waals surface area contributed by atoms with Gasteiger partial charge in [-0.1, -0.05) is 18.3 Å². The molecule has 1 aliphatic rings. The molecule has 1 aliphatic carbocycles. The van der Waals surface area contributed by atoms with Gasteiger partial charge in [0.1, 0.15) is 0 Å². The van der Waals surface area contributed by atoms with E-state index in [1.807, 2.05) is 6.20 Å². The molecule has 1 N–H and O–H groups in total. The first-order valence-corrected chi connectivity index (χ1v) is 8.66. The fourth-order valence-corrected chi connectivity index (χ4v) is 3.86. The van der Waals surface area contributed by atoms with Crippen LogP contribution < -0.4 is 29.8 Å². The third kappa shape index (κ3) is 5.69. The number of allylic oxidation sites excluding steroid dienone is 4. The van der Waals surface area contributed by atoms with E-state index in [1.54, 1.807) is 0 Å². The summed E-state index contributed by atoms with van der Waals surface area (Å²) in [4.78, 5) is 3.14. The van der Waals surface area contributed by atoms with Crippen molar-refractivity contribution in [3.8, 4) is 5.30 Å². The summed E-state index contributed by atoms with van der Waals surface area (Å²) in [6.45, 7) is 4.22. The number of halogens is 2. The van der Waals surface area contributed by atoms with Gasteiger partial charge in [0.15, 0.2) is 12.1 Å². The van der Waals surface area contributed by atoms with Crippen LogP contribution in [0.25, 0.3) is 16.1 Å². The molecule has 4 rings (SSSR count). The standard InChI is InChI=1S/C12H9NP.C7H9.2ClH.Ti/c1-2-4-11-8-12(7-10(11)3-1)14-6-5-13-9-14;1-6-4-3-5-7(6)2;;;/h1-9H;4H,3H2,1-2H3;2*1H;/q2*-1;;;+4/p-1. The van der Waals surface area contributed by atoms with Crippen LogP contribution in [0.2, 0.25) is 0 Å². The van der Waals surface area contributed by atoms with Crippen LogP contribution in [0.5, 0.6) is 0 Å². The van der Waals surface area contributed by atoms with E-state index in [1.165, 1.54) is 27.2 Å². The quantitative estimate of drug-likeness (QED) is 0.377. The van der Waals surface area contributed by atoms with Gasteiger partial charge in [0, 0.05) is 5.80 Å². The maximum absolute atomic E-state index is 3.19. The molecule has 0 saturated heterocycles. The topological polar surface area (TPSA) is 14.1 Å². The molecule has 1 atom stereocenters. The number of aromatic amines is 1. The zero-order chi connectivity index (χ0) is 14.7. The van der Waals surface area contributed by atoms with Gasteiger partial charge in [-0.15, -0.1) is 48.4 Å². The fourth-order valence-electron chi connectivity index (χ4n) is 2.38. The Labute approximate surface area is 172 Å². The van der Waals surface area contributed by atoms with Crippen molar-refractivity contribution < 1.29 is 51.5 Å². The van der Waals surface area contributed by atoms with Gasteiger partial charge in [0.25, 0.3) is 0 Å². The van der Waals surface area contributed by atoms with Crippen molar-refractivity contribution in [2.75, 3.05) is 0 Å². The second-order valence-electron chi connectivity index (χ2n) is 5.25. The minimum atomic E-state index is -0.204. The third-order valence-corrected chi connectivity index (χ3v) is 5.56. The van der Waals surface area contributed by atoms with Gasteiger partial charge in [0.05, 0.1) is 0 Å². The predicted octanol–water partition coefficient (Wildman–Crippen LogP) is -0.560. The van der Waals surface area contributed by atoms with Gasteiger partial charge in [-0.25, -0.2) is 16.1 Å². The molecule has 0 saturated carbocycles. The Morgan fingerprint density at radius 3 is 2.42 bits per heavy atom. The number of fused-ring (bicyclic) bond motifs is 1. The zero-order valence-corrected chi connectivity index (χ0v) is 17.7. The van der Waals surface area contributed by atoms with E-state index in [9.17, 15) is 0 Å². The second kappa shape index (κ2) is 11.0. The molecular weight excluding hydrogens is 392 g/mol. The van der Waals surface area contributed by atoms with Crippen LogP contribution in [-0.4, -0.2) is 0 Å². The first-order valence-electron chi connectivity index (χ1n) is 7.18. The molecular formula is C19H19Cl2NPTi+. The van der Waals surface area contributed by atoms with Gasteiger partial charge < -0.3 is 24.8 Å². The number of rotatable bonds is 1. The maximum Gasteiger partial charge on any atom is 4.00 e. The van der Waals surface area contributed by atoms with Gasteiger partial charge in [0.2, 0.25) is 0 Å². The largest absolute Gasteiger partial charge is 4.00 e. The van der Waals surface area contributed by atoms with Gasteiger partial charge in [-0.2, -0.15) is 12.1 Å². The molecule has 122 valence electrons. The van der Waals surface area contributed by atoms with Crippen molar-refractivity contribution in [3.05, 3.63) is 77.6 Å². The molecule has 1 heterocycles. The van der Waals surface area contributed by atoms with E-state index in [0.29, 0.717) is 0 Å². The van der Waals surface area contributed by atoms with Crippen molar-refractivity contribution in [1.82, 2.24) is 0 Å². The smallest absolute Gasteiger partial charge is 1.00 e. The summed E-state index contributed by atoms with van der Waals surface area (Å²) in [5.41, 5.74) is 2.71.